The number of anilines is 1. The number of benzene rings is 4. The first-order valence-corrected chi connectivity index (χ1v) is 15.6. The van der Waals surface area contributed by atoms with E-state index in [0.29, 0.717) is 39.6 Å². The van der Waals surface area contributed by atoms with Crippen LogP contribution in [-0.4, -0.2) is 66.3 Å². The Hall–Kier alpha value is -5.03. The Morgan fingerprint density at radius 2 is 1.44 bits per heavy atom. The molecule has 0 bridgehead atoms. The summed E-state index contributed by atoms with van der Waals surface area (Å²) in [6.45, 7) is 4.33. The molecule has 10 heteroatoms. The molecule has 0 atom stereocenters. The van der Waals surface area contributed by atoms with Gasteiger partial charge in [0, 0.05) is 37.3 Å². The van der Waals surface area contributed by atoms with E-state index in [0.717, 1.165) is 48.7 Å². The van der Waals surface area contributed by atoms with Crippen LogP contribution in [-0.2, 0) is 4.79 Å². The van der Waals surface area contributed by atoms with Crippen LogP contribution in [0.5, 0.6) is 11.5 Å². The van der Waals surface area contributed by atoms with Crippen LogP contribution < -0.4 is 9.64 Å². The number of likely N-dealkylation sites (N-methyl/N-ethyl adjacent to an activating group) is 1. The molecule has 0 unspecified atom stereocenters. The zero-order valence-corrected chi connectivity index (χ0v) is 25.6. The van der Waals surface area contributed by atoms with Crippen molar-refractivity contribution in [3.8, 4) is 22.8 Å². The smallest absolute Gasteiger partial charge is 0.278 e. The molecule has 224 valence electrons. The highest BCUT2D eigenvalue weighted by Crippen LogP contribution is 2.41. The molecule has 2 aliphatic rings. The summed E-state index contributed by atoms with van der Waals surface area (Å²) in [4.78, 5) is 29.9. The number of nitrogens with zero attached hydrogens (tertiary/aromatic N) is 7. The topological polar surface area (TPSA) is 86.0 Å². The van der Waals surface area contributed by atoms with E-state index in [1.807, 2.05) is 114 Å². The van der Waals surface area contributed by atoms with E-state index in [2.05, 4.69) is 27.1 Å². The Morgan fingerprint density at radius 1 is 0.778 bits per heavy atom. The van der Waals surface area contributed by atoms with Crippen molar-refractivity contribution in [1.82, 2.24) is 14.8 Å². The monoisotopic (exact) mass is 613 g/mol. The summed E-state index contributed by atoms with van der Waals surface area (Å²) in [5.41, 5.74) is 4.32. The fourth-order valence-corrected chi connectivity index (χ4v) is 6.09. The van der Waals surface area contributed by atoms with Gasteiger partial charge in [-0.05, 0) is 49.5 Å². The number of aromatic nitrogens is 1. The largest absolute Gasteiger partial charge is 0.457 e. The lowest BCUT2D eigenvalue weighted by atomic mass is 10.1. The zero-order valence-electron chi connectivity index (χ0n) is 24.8. The molecule has 0 N–H and O–H groups in total. The standard InChI is InChI=1S/C35H31N7O2S/c1-40-20-22-41(23-21-40)24-42-30-15-9-8-14-29(30)32(34(42)43)37-35-36-31(25-10-4-2-5-11-25)33(45-35)39-38-26-16-18-28(19-17-26)44-27-12-6-3-7-13-27/h2-19H,20-24H2,1H3/b37-32-,39-38?. The summed E-state index contributed by atoms with van der Waals surface area (Å²) in [7, 11) is 2.13. The van der Waals surface area contributed by atoms with Gasteiger partial charge in [0.15, 0.2) is 5.00 Å². The minimum Gasteiger partial charge on any atom is -0.457 e. The number of carbonyl (C=O) groups excluding carboxylic acids is 1. The summed E-state index contributed by atoms with van der Waals surface area (Å²) in [6.07, 6.45) is 0. The van der Waals surface area contributed by atoms with Crippen molar-refractivity contribution in [2.75, 3.05) is 44.8 Å². The van der Waals surface area contributed by atoms with Gasteiger partial charge in [0.05, 0.1) is 18.0 Å². The number of rotatable bonds is 8. The van der Waals surface area contributed by atoms with Gasteiger partial charge in [-0.15, -0.1) is 10.2 Å². The second-order valence-corrected chi connectivity index (χ2v) is 11.9. The number of ether oxygens (including phenoxy) is 1. The SMILES string of the molecule is CN1CCN(CN2C(=O)/C(=N\c3nc(-c4ccccc4)c(N=Nc4ccc(Oc5ccccc5)cc4)s3)c3ccccc32)CC1. The van der Waals surface area contributed by atoms with E-state index in [4.69, 9.17) is 14.7 Å². The number of para-hydroxylation sites is 2. The molecule has 1 aromatic heterocycles. The van der Waals surface area contributed by atoms with Crippen LogP contribution in [0.25, 0.3) is 11.3 Å². The lowest BCUT2D eigenvalue weighted by Gasteiger charge is -2.34. The Bertz CT molecular complexity index is 1850. The second kappa shape index (κ2) is 12.9. The number of thiazole rings is 1. The minimum atomic E-state index is -0.118. The van der Waals surface area contributed by atoms with Crippen molar-refractivity contribution in [3.05, 3.63) is 115 Å². The predicted molar refractivity (Wildman–Crippen MR) is 179 cm³/mol. The Kier molecular flexibility index (Phi) is 8.24. The number of carbonyl (C=O) groups is 1. The minimum absolute atomic E-state index is 0.118. The maximum absolute atomic E-state index is 13.8. The molecule has 0 aliphatic carbocycles. The van der Waals surface area contributed by atoms with Gasteiger partial charge in [-0.2, -0.15) is 0 Å². The van der Waals surface area contributed by atoms with Gasteiger partial charge in [-0.3, -0.25) is 14.6 Å². The molecule has 3 heterocycles. The molecular formula is C35H31N7O2S. The zero-order chi connectivity index (χ0) is 30.6. The Morgan fingerprint density at radius 3 is 2.20 bits per heavy atom. The predicted octanol–water partition coefficient (Wildman–Crippen LogP) is 7.69. The van der Waals surface area contributed by atoms with Gasteiger partial charge in [0.1, 0.15) is 22.9 Å². The maximum atomic E-state index is 13.8. The highest BCUT2D eigenvalue weighted by molar-refractivity contribution is 7.19. The quantitative estimate of drug-likeness (QED) is 0.168. The van der Waals surface area contributed by atoms with E-state index in [1.54, 1.807) is 0 Å². The van der Waals surface area contributed by atoms with Crippen molar-refractivity contribution >= 4 is 44.5 Å². The molecule has 2 aliphatic heterocycles. The lowest BCUT2D eigenvalue weighted by molar-refractivity contribution is -0.112. The molecule has 0 saturated carbocycles. The number of amides is 1. The van der Waals surface area contributed by atoms with Crippen LogP contribution in [0.3, 0.4) is 0 Å². The van der Waals surface area contributed by atoms with Crippen molar-refractivity contribution in [1.29, 1.82) is 0 Å². The van der Waals surface area contributed by atoms with Gasteiger partial charge in [-0.1, -0.05) is 78.1 Å². The average Bonchev–Trinajstić information content (AvgIpc) is 3.61. The van der Waals surface area contributed by atoms with Gasteiger partial charge < -0.3 is 9.64 Å². The molecule has 4 aromatic carbocycles. The van der Waals surface area contributed by atoms with Crippen LogP contribution in [0.4, 0.5) is 21.5 Å². The van der Waals surface area contributed by atoms with Crippen LogP contribution >= 0.6 is 11.3 Å². The maximum Gasteiger partial charge on any atom is 0.278 e. The highest BCUT2D eigenvalue weighted by atomic mass is 32.1. The summed E-state index contributed by atoms with van der Waals surface area (Å²) >= 11 is 1.31. The molecule has 0 spiro atoms. The van der Waals surface area contributed by atoms with Crippen LogP contribution in [0.1, 0.15) is 5.56 Å². The molecule has 1 amide bonds. The van der Waals surface area contributed by atoms with Crippen molar-refractivity contribution in [3.63, 3.8) is 0 Å². The Balaban J connectivity index is 1.17. The average molecular weight is 614 g/mol. The van der Waals surface area contributed by atoms with Crippen molar-refractivity contribution in [2.45, 2.75) is 0 Å². The fraction of sp³-hybridized carbons (Fsp3) is 0.171. The van der Waals surface area contributed by atoms with Gasteiger partial charge in [0.2, 0.25) is 5.13 Å². The fourth-order valence-electron chi connectivity index (χ4n) is 5.30. The molecule has 0 radical (unpaired) electrons. The summed E-state index contributed by atoms with van der Waals surface area (Å²) in [6, 6.07) is 34.7. The molecule has 9 nitrogen and oxygen atoms in total. The molecule has 1 fully saturated rings. The highest BCUT2D eigenvalue weighted by Gasteiger charge is 2.35. The molecule has 5 aromatic rings. The summed E-state index contributed by atoms with van der Waals surface area (Å²) < 4.78 is 5.90. The van der Waals surface area contributed by atoms with Crippen LogP contribution in [0, 0.1) is 0 Å². The van der Waals surface area contributed by atoms with Crippen LogP contribution in [0.2, 0.25) is 0 Å². The Labute approximate surface area is 265 Å². The van der Waals surface area contributed by atoms with Gasteiger partial charge in [0.25, 0.3) is 5.91 Å². The third-order valence-corrected chi connectivity index (χ3v) is 8.59. The van der Waals surface area contributed by atoms with Gasteiger partial charge >= 0.3 is 0 Å². The van der Waals surface area contributed by atoms with Crippen LogP contribution in [0.15, 0.2) is 124 Å². The summed E-state index contributed by atoms with van der Waals surface area (Å²) in [5, 5.41) is 10.1. The van der Waals surface area contributed by atoms with E-state index < -0.39 is 0 Å². The number of aliphatic imine (C=N–C) groups is 1. The third kappa shape index (κ3) is 6.44. The molecule has 45 heavy (non-hydrogen) atoms. The van der Waals surface area contributed by atoms with E-state index in [1.165, 1.54) is 11.3 Å². The first-order chi connectivity index (χ1) is 22.1. The number of azo groups is 1. The first kappa shape index (κ1) is 28.7. The van der Waals surface area contributed by atoms with E-state index >= 15 is 0 Å². The van der Waals surface area contributed by atoms with Crippen molar-refractivity contribution < 1.29 is 9.53 Å². The third-order valence-electron chi connectivity index (χ3n) is 7.76. The number of fused-ring (bicyclic) bond motifs is 1. The van der Waals surface area contributed by atoms with E-state index in [-0.39, 0.29) is 5.91 Å². The molecular weight excluding hydrogens is 582 g/mol. The molecule has 7 rings (SSSR count). The normalized spacial score (nSPS) is 16.5. The first-order valence-electron chi connectivity index (χ1n) is 14.8. The number of hydrogen-bond donors (Lipinski definition) is 0. The number of piperazine rings is 1. The van der Waals surface area contributed by atoms with E-state index in [9.17, 15) is 4.79 Å². The van der Waals surface area contributed by atoms with Gasteiger partial charge in [-0.25, -0.2) is 9.98 Å². The van der Waals surface area contributed by atoms with Crippen molar-refractivity contribution in [2.24, 2.45) is 15.2 Å². The second-order valence-electron chi connectivity index (χ2n) is 10.9. The lowest BCUT2D eigenvalue weighted by Crippen LogP contribution is -2.49. The number of hydrogen-bond acceptors (Lipinski definition) is 9. The molecule has 1 saturated heterocycles. The summed E-state index contributed by atoms with van der Waals surface area (Å²) in [5.74, 6) is 1.36.